The molecular formula is C24H22Cl2O. The van der Waals surface area contributed by atoms with E-state index in [-0.39, 0.29) is 0 Å². The summed E-state index contributed by atoms with van der Waals surface area (Å²) in [5.41, 5.74) is 10.9. The molecule has 27 heavy (non-hydrogen) atoms. The molecule has 0 radical (unpaired) electrons. The van der Waals surface area contributed by atoms with Crippen molar-refractivity contribution in [1.82, 2.24) is 0 Å². The largest absolute Gasteiger partial charge is 0.472 e. The number of alkyl halides is 1. The zero-order chi connectivity index (χ0) is 18.8. The lowest BCUT2D eigenvalue weighted by Crippen LogP contribution is -2.11. The molecule has 0 bridgehead atoms. The van der Waals surface area contributed by atoms with Crippen molar-refractivity contribution in [3.8, 4) is 11.1 Å². The fourth-order valence-corrected chi connectivity index (χ4v) is 4.49. The summed E-state index contributed by atoms with van der Waals surface area (Å²) in [6, 6.07) is 12.7. The molecule has 0 saturated carbocycles. The van der Waals surface area contributed by atoms with Crippen molar-refractivity contribution in [2.24, 2.45) is 0 Å². The summed E-state index contributed by atoms with van der Waals surface area (Å²) in [6.07, 6.45) is 10.0. The van der Waals surface area contributed by atoms with Gasteiger partial charge in [0.15, 0.2) is 0 Å². The van der Waals surface area contributed by atoms with E-state index in [1.54, 1.807) is 12.5 Å². The molecule has 0 atom stereocenters. The zero-order valence-corrected chi connectivity index (χ0v) is 16.9. The third-order valence-electron chi connectivity index (χ3n) is 5.39. The van der Waals surface area contributed by atoms with Gasteiger partial charge >= 0.3 is 0 Å². The van der Waals surface area contributed by atoms with Crippen LogP contribution in [-0.4, -0.2) is 5.88 Å². The second-order valence-electron chi connectivity index (χ2n) is 7.16. The maximum absolute atomic E-state index is 6.37. The smallest absolute Gasteiger partial charge is 0.0931 e. The topological polar surface area (TPSA) is 13.1 Å². The number of aryl methyl sites for hydroxylation is 1. The Labute approximate surface area is 170 Å². The van der Waals surface area contributed by atoms with Gasteiger partial charge in [-0.1, -0.05) is 47.5 Å². The maximum Gasteiger partial charge on any atom is 0.0931 e. The third kappa shape index (κ3) is 3.72. The molecule has 0 fully saturated rings. The minimum atomic E-state index is 0.648. The second-order valence-corrected chi connectivity index (χ2v) is 7.84. The maximum atomic E-state index is 6.37. The Kier molecular flexibility index (Phi) is 5.43. The van der Waals surface area contributed by atoms with Crippen LogP contribution in [0.5, 0.6) is 0 Å². The van der Waals surface area contributed by atoms with Crippen molar-refractivity contribution in [3.05, 3.63) is 87.3 Å². The van der Waals surface area contributed by atoms with Crippen LogP contribution in [0.2, 0.25) is 5.02 Å². The van der Waals surface area contributed by atoms with Gasteiger partial charge in [0.1, 0.15) is 0 Å². The van der Waals surface area contributed by atoms with E-state index in [1.165, 1.54) is 44.5 Å². The highest BCUT2D eigenvalue weighted by molar-refractivity contribution is 6.31. The average Bonchev–Trinajstić information content (AvgIpc) is 3.18. The first-order chi connectivity index (χ1) is 13.2. The van der Waals surface area contributed by atoms with Crippen LogP contribution in [-0.2, 0) is 19.3 Å². The zero-order valence-electron chi connectivity index (χ0n) is 15.4. The van der Waals surface area contributed by atoms with Crippen molar-refractivity contribution < 1.29 is 4.42 Å². The third-order valence-corrected chi connectivity index (χ3v) is 6.09. The lowest BCUT2D eigenvalue weighted by atomic mass is 9.79. The molecule has 138 valence electrons. The molecule has 3 aromatic rings. The number of fused-ring (bicyclic) bond motifs is 5. The highest BCUT2D eigenvalue weighted by atomic mass is 35.5. The van der Waals surface area contributed by atoms with Gasteiger partial charge in [0, 0.05) is 10.9 Å². The summed E-state index contributed by atoms with van der Waals surface area (Å²) in [5, 5.41) is 0.903. The Balaban J connectivity index is 0.000000257. The van der Waals surface area contributed by atoms with Crippen LogP contribution in [0, 0.1) is 6.92 Å². The quantitative estimate of drug-likeness (QED) is 0.394. The second kappa shape index (κ2) is 7.96. The van der Waals surface area contributed by atoms with E-state index in [0.717, 1.165) is 30.7 Å². The SMILES string of the molecule is Cc1ccoc1.ClCC1=Cc2ccc3c(c2CC1)CCc1c(Cl)cccc1-3. The molecule has 2 aliphatic rings. The molecule has 1 nitrogen and oxygen atoms in total. The van der Waals surface area contributed by atoms with Crippen molar-refractivity contribution in [1.29, 1.82) is 0 Å². The van der Waals surface area contributed by atoms with Gasteiger partial charge in [0.05, 0.1) is 12.5 Å². The van der Waals surface area contributed by atoms with E-state index in [1.807, 2.05) is 19.1 Å². The minimum Gasteiger partial charge on any atom is -0.472 e. The Hall–Kier alpha value is -1.96. The summed E-state index contributed by atoms with van der Waals surface area (Å²) in [7, 11) is 0. The molecule has 1 aromatic heterocycles. The van der Waals surface area contributed by atoms with Gasteiger partial charge in [-0.2, -0.15) is 0 Å². The standard InChI is InChI=1S/C19H16Cl2.C5H6O/c20-11-12-4-6-14-13(10-12)5-7-17-15-2-1-3-19(21)18(15)9-8-16(14)17;1-5-2-3-6-4-5/h1-3,5,7,10H,4,6,8-9,11H2;2-4H,1H3. The van der Waals surface area contributed by atoms with Gasteiger partial charge < -0.3 is 4.42 Å². The molecule has 2 aliphatic carbocycles. The fourth-order valence-electron chi connectivity index (χ4n) is 4.01. The van der Waals surface area contributed by atoms with E-state index in [2.05, 4.69) is 30.3 Å². The number of rotatable bonds is 1. The van der Waals surface area contributed by atoms with Crippen molar-refractivity contribution >= 4 is 29.3 Å². The molecular weight excluding hydrogens is 375 g/mol. The molecule has 0 saturated heterocycles. The molecule has 0 unspecified atom stereocenters. The highest BCUT2D eigenvalue weighted by Crippen LogP contribution is 2.41. The van der Waals surface area contributed by atoms with Crippen LogP contribution in [0.25, 0.3) is 17.2 Å². The number of hydrogen-bond acceptors (Lipinski definition) is 1. The molecule has 1 heterocycles. The number of benzene rings is 2. The van der Waals surface area contributed by atoms with Gasteiger partial charge in [0.2, 0.25) is 0 Å². The lowest BCUT2D eigenvalue weighted by Gasteiger charge is -2.26. The lowest BCUT2D eigenvalue weighted by molar-refractivity contribution is 0.565. The first-order valence-corrected chi connectivity index (χ1v) is 10.3. The van der Waals surface area contributed by atoms with Crippen molar-refractivity contribution in [3.63, 3.8) is 0 Å². The Morgan fingerprint density at radius 3 is 2.37 bits per heavy atom. The van der Waals surface area contributed by atoms with E-state index < -0.39 is 0 Å². The molecule has 0 N–H and O–H groups in total. The fraction of sp³-hybridized carbons (Fsp3) is 0.250. The van der Waals surface area contributed by atoms with E-state index in [9.17, 15) is 0 Å². The Morgan fingerprint density at radius 1 is 0.889 bits per heavy atom. The summed E-state index contributed by atoms with van der Waals surface area (Å²) in [6.45, 7) is 1.99. The molecule has 5 rings (SSSR count). The number of furan rings is 1. The van der Waals surface area contributed by atoms with Crippen LogP contribution in [0.4, 0.5) is 0 Å². The van der Waals surface area contributed by atoms with Crippen molar-refractivity contribution in [2.45, 2.75) is 32.6 Å². The minimum absolute atomic E-state index is 0.648. The van der Waals surface area contributed by atoms with E-state index >= 15 is 0 Å². The number of halogens is 2. The van der Waals surface area contributed by atoms with E-state index in [0.29, 0.717) is 5.88 Å². The molecule has 3 heteroatoms. The Morgan fingerprint density at radius 2 is 1.67 bits per heavy atom. The summed E-state index contributed by atoms with van der Waals surface area (Å²) in [4.78, 5) is 0. The predicted molar refractivity (Wildman–Crippen MR) is 115 cm³/mol. The molecule has 2 aromatic carbocycles. The number of allylic oxidation sites excluding steroid dienone is 1. The Bertz CT molecular complexity index is 984. The van der Waals surface area contributed by atoms with Gasteiger partial charge in [-0.05, 0) is 83.7 Å². The predicted octanol–water partition coefficient (Wildman–Crippen LogP) is 7.26. The highest BCUT2D eigenvalue weighted by Gasteiger charge is 2.23. The molecule has 0 aliphatic heterocycles. The van der Waals surface area contributed by atoms with Crippen LogP contribution < -0.4 is 0 Å². The van der Waals surface area contributed by atoms with Crippen LogP contribution in [0.1, 0.15) is 34.2 Å². The monoisotopic (exact) mass is 396 g/mol. The van der Waals surface area contributed by atoms with Gasteiger partial charge in [0.25, 0.3) is 0 Å². The normalized spacial score (nSPS) is 14.3. The first kappa shape index (κ1) is 18.4. The average molecular weight is 397 g/mol. The molecule has 0 spiro atoms. The number of hydrogen-bond donors (Lipinski definition) is 0. The van der Waals surface area contributed by atoms with Gasteiger partial charge in [-0.3, -0.25) is 0 Å². The van der Waals surface area contributed by atoms with Gasteiger partial charge in [-0.25, -0.2) is 0 Å². The van der Waals surface area contributed by atoms with Crippen LogP contribution >= 0.6 is 23.2 Å². The van der Waals surface area contributed by atoms with Crippen molar-refractivity contribution in [2.75, 3.05) is 5.88 Å². The molecule has 0 amide bonds. The van der Waals surface area contributed by atoms with Crippen LogP contribution in [0.3, 0.4) is 0 Å². The summed E-state index contributed by atoms with van der Waals surface area (Å²) >= 11 is 12.4. The first-order valence-electron chi connectivity index (χ1n) is 9.34. The summed E-state index contributed by atoms with van der Waals surface area (Å²) < 4.78 is 4.71. The van der Waals surface area contributed by atoms with Gasteiger partial charge in [-0.15, -0.1) is 11.6 Å². The van der Waals surface area contributed by atoms with E-state index in [4.69, 9.17) is 27.6 Å². The summed E-state index contributed by atoms with van der Waals surface area (Å²) in [5.74, 6) is 0.648. The van der Waals surface area contributed by atoms with Crippen LogP contribution in [0.15, 0.2) is 58.9 Å².